The second-order valence-corrected chi connectivity index (χ2v) is 6.26. The average Bonchev–Trinajstić information content (AvgIpc) is 2.56. The number of benzene rings is 2. The van der Waals surface area contributed by atoms with Crippen molar-refractivity contribution >= 4 is 29.1 Å². The van der Waals surface area contributed by atoms with Gasteiger partial charge in [0.1, 0.15) is 5.82 Å². The summed E-state index contributed by atoms with van der Waals surface area (Å²) in [6.45, 7) is 4.22. The molecule has 6 heteroatoms. The quantitative estimate of drug-likeness (QED) is 0.838. The Labute approximate surface area is 151 Å². The van der Waals surface area contributed by atoms with Crippen molar-refractivity contribution in [3.63, 3.8) is 0 Å². The van der Waals surface area contributed by atoms with Crippen LogP contribution in [0.2, 0.25) is 5.02 Å². The fourth-order valence-electron chi connectivity index (χ4n) is 2.30. The Balaban J connectivity index is 1.91. The minimum absolute atomic E-state index is 0.0532. The number of rotatable bonds is 6. The average molecular weight is 363 g/mol. The molecule has 2 aromatic rings. The highest BCUT2D eigenvalue weighted by Gasteiger charge is 2.12. The minimum atomic E-state index is -0.541. The number of aryl methyl sites for hydroxylation is 1. The fourth-order valence-corrected chi connectivity index (χ4v) is 2.48. The van der Waals surface area contributed by atoms with Crippen LogP contribution in [-0.4, -0.2) is 23.3 Å². The zero-order valence-electron chi connectivity index (χ0n) is 14.2. The molecule has 0 fully saturated rings. The number of halogens is 2. The Morgan fingerprint density at radius 2 is 1.84 bits per heavy atom. The highest BCUT2D eigenvalue weighted by molar-refractivity contribution is 6.31. The number of anilines is 1. The first-order valence-electron chi connectivity index (χ1n) is 7.91. The molecule has 0 unspecified atom stereocenters. The summed E-state index contributed by atoms with van der Waals surface area (Å²) >= 11 is 5.69. The smallest absolute Gasteiger partial charge is 0.226 e. The van der Waals surface area contributed by atoms with E-state index in [1.165, 1.54) is 25.1 Å². The van der Waals surface area contributed by atoms with E-state index in [0.29, 0.717) is 18.8 Å². The van der Waals surface area contributed by atoms with Crippen LogP contribution in [0.5, 0.6) is 0 Å². The van der Waals surface area contributed by atoms with Crippen LogP contribution in [-0.2, 0) is 16.1 Å². The highest BCUT2D eigenvalue weighted by Crippen LogP contribution is 2.19. The summed E-state index contributed by atoms with van der Waals surface area (Å²) in [5.41, 5.74) is 2.58. The molecule has 1 N–H and O–H groups in total. The van der Waals surface area contributed by atoms with Gasteiger partial charge >= 0.3 is 0 Å². The van der Waals surface area contributed by atoms with Gasteiger partial charge in [-0.1, -0.05) is 41.4 Å². The molecule has 0 atom stereocenters. The van der Waals surface area contributed by atoms with Gasteiger partial charge < -0.3 is 10.2 Å². The standard InChI is InChI=1S/C19H20ClFN2O2/c1-13-3-5-15(6-4-13)12-23(14(2)24)10-9-19(25)22-16-7-8-18(21)17(20)11-16/h3-8,11H,9-10,12H2,1-2H3,(H,22,25). The van der Waals surface area contributed by atoms with E-state index in [2.05, 4.69) is 5.32 Å². The summed E-state index contributed by atoms with van der Waals surface area (Å²) in [5, 5.41) is 2.59. The summed E-state index contributed by atoms with van der Waals surface area (Å²) in [4.78, 5) is 25.5. The maximum atomic E-state index is 13.1. The Bertz CT molecular complexity index is 763. The second-order valence-electron chi connectivity index (χ2n) is 5.85. The molecule has 4 nitrogen and oxygen atoms in total. The molecule has 2 amide bonds. The van der Waals surface area contributed by atoms with Crippen LogP contribution >= 0.6 is 11.6 Å². The molecule has 25 heavy (non-hydrogen) atoms. The Morgan fingerprint density at radius 3 is 2.44 bits per heavy atom. The molecular formula is C19H20ClFN2O2. The van der Waals surface area contributed by atoms with Gasteiger partial charge in [-0.3, -0.25) is 9.59 Å². The van der Waals surface area contributed by atoms with E-state index in [0.717, 1.165) is 11.1 Å². The van der Waals surface area contributed by atoms with Crippen molar-refractivity contribution in [3.8, 4) is 0 Å². The topological polar surface area (TPSA) is 49.4 Å². The lowest BCUT2D eigenvalue weighted by Crippen LogP contribution is -2.31. The third-order valence-corrected chi connectivity index (χ3v) is 4.04. The third kappa shape index (κ3) is 5.87. The molecule has 2 aromatic carbocycles. The summed E-state index contributed by atoms with van der Waals surface area (Å²) in [6.07, 6.45) is 0.139. The molecule has 0 aromatic heterocycles. The van der Waals surface area contributed by atoms with Crippen LogP contribution in [0.25, 0.3) is 0 Å². The minimum Gasteiger partial charge on any atom is -0.338 e. The maximum Gasteiger partial charge on any atom is 0.226 e. The predicted octanol–water partition coefficient (Wildman–Crippen LogP) is 4.16. The van der Waals surface area contributed by atoms with Gasteiger partial charge in [0.05, 0.1) is 5.02 Å². The molecule has 0 spiro atoms. The van der Waals surface area contributed by atoms with Crippen LogP contribution in [0.4, 0.5) is 10.1 Å². The summed E-state index contributed by atoms with van der Waals surface area (Å²) < 4.78 is 13.1. The molecule has 0 aliphatic heterocycles. The lowest BCUT2D eigenvalue weighted by Gasteiger charge is -2.21. The van der Waals surface area contributed by atoms with Crippen LogP contribution in [0, 0.1) is 12.7 Å². The van der Waals surface area contributed by atoms with Gasteiger partial charge in [-0.15, -0.1) is 0 Å². The van der Waals surface area contributed by atoms with E-state index >= 15 is 0 Å². The number of nitrogens with one attached hydrogen (secondary N) is 1. The van der Waals surface area contributed by atoms with Crippen molar-refractivity contribution in [2.45, 2.75) is 26.8 Å². The van der Waals surface area contributed by atoms with E-state index in [4.69, 9.17) is 11.6 Å². The molecule has 132 valence electrons. The number of hydrogen-bond acceptors (Lipinski definition) is 2. The van der Waals surface area contributed by atoms with Crippen LogP contribution in [0.1, 0.15) is 24.5 Å². The van der Waals surface area contributed by atoms with Gasteiger partial charge in [-0.2, -0.15) is 0 Å². The van der Waals surface area contributed by atoms with Crippen molar-refractivity contribution in [1.29, 1.82) is 0 Å². The molecular weight excluding hydrogens is 343 g/mol. The van der Waals surface area contributed by atoms with Gasteiger partial charge in [0.2, 0.25) is 11.8 Å². The summed E-state index contributed by atoms with van der Waals surface area (Å²) in [7, 11) is 0. The maximum absolute atomic E-state index is 13.1. The number of carbonyl (C=O) groups excluding carboxylic acids is 2. The monoisotopic (exact) mass is 362 g/mol. The molecule has 2 rings (SSSR count). The first-order valence-corrected chi connectivity index (χ1v) is 8.29. The molecule has 0 aliphatic rings. The fraction of sp³-hybridized carbons (Fsp3) is 0.263. The van der Waals surface area contributed by atoms with Gasteiger partial charge in [-0.25, -0.2) is 4.39 Å². The van der Waals surface area contributed by atoms with Crippen molar-refractivity contribution in [2.24, 2.45) is 0 Å². The summed E-state index contributed by atoms with van der Waals surface area (Å²) in [5.74, 6) is -0.906. The number of nitrogens with zero attached hydrogens (tertiary/aromatic N) is 1. The Morgan fingerprint density at radius 1 is 1.16 bits per heavy atom. The van der Waals surface area contributed by atoms with Crippen molar-refractivity contribution in [2.75, 3.05) is 11.9 Å². The number of carbonyl (C=O) groups is 2. The zero-order valence-corrected chi connectivity index (χ0v) is 14.9. The van der Waals surface area contributed by atoms with Gasteiger partial charge in [0.25, 0.3) is 0 Å². The zero-order chi connectivity index (χ0) is 18.4. The van der Waals surface area contributed by atoms with E-state index in [1.807, 2.05) is 31.2 Å². The molecule has 0 saturated carbocycles. The van der Waals surface area contributed by atoms with Crippen molar-refractivity contribution < 1.29 is 14.0 Å². The molecule has 0 radical (unpaired) electrons. The SMILES string of the molecule is CC(=O)N(CCC(=O)Nc1ccc(F)c(Cl)c1)Cc1ccc(C)cc1. The number of hydrogen-bond donors (Lipinski definition) is 1. The van der Waals surface area contributed by atoms with E-state index in [1.54, 1.807) is 4.90 Å². The molecule has 0 bridgehead atoms. The summed E-state index contributed by atoms with van der Waals surface area (Å²) in [6, 6.07) is 11.9. The van der Waals surface area contributed by atoms with E-state index < -0.39 is 5.82 Å². The lowest BCUT2D eigenvalue weighted by molar-refractivity contribution is -0.129. The largest absolute Gasteiger partial charge is 0.338 e. The van der Waals surface area contributed by atoms with Crippen LogP contribution in [0.15, 0.2) is 42.5 Å². The van der Waals surface area contributed by atoms with Crippen molar-refractivity contribution in [3.05, 3.63) is 64.4 Å². The first kappa shape index (κ1) is 18.9. The Kier molecular flexibility index (Phi) is 6.53. The second kappa shape index (κ2) is 8.62. The number of amides is 2. The lowest BCUT2D eigenvalue weighted by atomic mass is 10.1. The van der Waals surface area contributed by atoms with Gasteiger partial charge in [-0.05, 0) is 30.7 Å². The normalized spacial score (nSPS) is 10.4. The van der Waals surface area contributed by atoms with E-state index in [-0.39, 0.29) is 23.3 Å². The third-order valence-electron chi connectivity index (χ3n) is 3.75. The highest BCUT2D eigenvalue weighted by atomic mass is 35.5. The van der Waals surface area contributed by atoms with Crippen molar-refractivity contribution in [1.82, 2.24) is 4.90 Å². The van der Waals surface area contributed by atoms with E-state index in [9.17, 15) is 14.0 Å². The first-order chi connectivity index (χ1) is 11.8. The molecule has 0 saturated heterocycles. The predicted molar refractivity (Wildman–Crippen MR) is 96.9 cm³/mol. The Hall–Kier alpha value is -2.40. The molecule has 0 heterocycles. The van der Waals surface area contributed by atoms with Gasteiger partial charge in [0.15, 0.2) is 0 Å². The van der Waals surface area contributed by atoms with Crippen LogP contribution < -0.4 is 5.32 Å². The van der Waals surface area contributed by atoms with Gasteiger partial charge in [0, 0.05) is 32.1 Å². The van der Waals surface area contributed by atoms with Crippen LogP contribution in [0.3, 0.4) is 0 Å². The molecule has 0 aliphatic carbocycles.